The van der Waals surface area contributed by atoms with Crippen LogP contribution in [0.15, 0.2) is 65.6 Å². The van der Waals surface area contributed by atoms with Crippen molar-refractivity contribution in [3.63, 3.8) is 0 Å². The van der Waals surface area contributed by atoms with Crippen LogP contribution in [0, 0.1) is 0 Å². The molecule has 4 aromatic rings. The van der Waals surface area contributed by atoms with Gasteiger partial charge in [-0.05, 0) is 17.5 Å². The summed E-state index contributed by atoms with van der Waals surface area (Å²) in [6, 6.07) is 17.8. The van der Waals surface area contributed by atoms with Crippen LogP contribution in [-0.4, -0.2) is 4.98 Å². The van der Waals surface area contributed by atoms with E-state index in [0.717, 1.165) is 21.9 Å². The topological polar surface area (TPSA) is 37.0 Å². The molecule has 2 heterocycles. The summed E-state index contributed by atoms with van der Waals surface area (Å²) >= 11 is 0. The highest BCUT2D eigenvalue weighted by Crippen LogP contribution is 2.13. The van der Waals surface area contributed by atoms with Crippen LogP contribution >= 0.6 is 0 Å². The molecule has 1 N–H and O–H groups in total. The molecule has 0 saturated carbocycles. The van der Waals surface area contributed by atoms with Gasteiger partial charge in [-0.3, -0.25) is 0 Å². The van der Waals surface area contributed by atoms with Gasteiger partial charge in [0.1, 0.15) is 17.1 Å². The van der Waals surface area contributed by atoms with Gasteiger partial charge in [0.15, 0.2) is 0 Å². The van der Waals surface area contributed by atoms with Crippen molar-refractivity contribution in [3.05, 3.63) is 71.1 Å². The molecule has 0 amide bonds. The minimum Gasteiger partial charge on any atom is -1.00 e. The lowest BCUT2D eigenvalue weighted by molar-refractivity contribution is -0.482. The Morgan fingerprint density at radius 3 is 2.45 bits per heavy atom. The molecule has 98 valence electrons. The van der Waals surface area contributed by atoms with Crippen LogP contribution in [0.4, 0.5) is 0 Å². The maximum Gasteiger partial charge on any atom is 0.343 e. The van der Waals surface area contributed by atoms with E-state index >= 15 is 0 Å². The molecule has 0 aliphatic carbocycles. The average molecular weight is 327 g/mol. The smallest absolute Gasteiger partial charge is 0.343 e. The minimum absolute atomic E-state index is 0. The van der Waals surface area contributed by atoms with E-state index < -0.39 is 0 Å². The number of nitrogens with one attached hydrogen (secondary N) is 1. The van der Waals surface area contributed by atoms with E-state index in [1.807, 2.05) is 52.9 Å². The van der Waals surface area contributed by atoms with Crippen LogP contribution in [0.2, 0.25) is 0 Å². The van der Waals surface area contributed by atoms with Crippen molar-refractivity contribution < 1.29 is 21.4 Å². The van der Waals surface area contributed by atoms with Crippen LogP contribution in [-0.2, 0) is 0 Å². The molecule has 4 heteroatoms. The maximum atomic E-state index is 12.1. The maximum absolute atomic E-state index is 12.1. The van der Waals surface area contributed by atoms with Crippen molar-refractivity contribution in [2.75, 3.05) is 0 Å². The first kappa shape index (κ1) is 12.8. The van der Waals surface area contributed by atoms with Gasteiger partial charge in [0.25, 0.3) is 5.65 Å². The van der Waals surface area contributed by atoms with Crippen LogP contribution in [0.25, 0.3) is 27.3 Å². The largest absolute Gasteiger partial charge is 1.00 e. The molecular formula is C16H11BrN2O. The number of halogens is 1. The van der Waals surface area contributed by atoms with Crippen LogP contribution in [0.1, 0.15) is 0 Å². The summed E-state index contributed by atoms with van der Waals surface area (Å²) in [4.78, 5) is 15.0. The quantitative estimate of drug-likeness (QED) is 0.262. The predicted octanol–water partition coefficient (Wildman–Crippen LogP) is -0.576. The van der Waals surface area contributed by atoms with Gasteiger partial charge in [-0.25, -0.2) is 9.78 Å². The number of rotatable bonds is 0. The highest BCUT2D eigenvalue weighted by Gasteiger charge is 2.11. The van der Waals surface area contributed by atoms with Crippen molar-refractivity contribution in [1.82, 2.24) is 4.98 Å². The number of aromatic nitrogens is 2. The Hall–Kier alpha value is -2.20. The Labute approximate surface area is 125 Å². The fourth-order valence-corrected chi connectivity index (χ4v) is 2.54. The van der Waals surface area contributed by atoms with E-state index in [-0.39, 0.29) is 22.5 Å². The Balaban J connectivity index is 0.00000121. The lowest BCUT2D eigenvalue weighted by Crippen LogP contribution is -3.00. The van der Waals surface area contributed by atoms with Gasteiger partial charge in [0, 0.05) is 11.5 Å². The number of hydrogen-bond donors (Lipinski definition) is 1. The molecule has 0 radical (unpaired) electrons. The SMILES string of the molecule is O=c1[nH]c2cc3ccccc3c[n+]2c2ccccc12.[Br-]. The van der Waals surface area contributed by atoms with E-state index in [9.17, 15) is 4.79 Å². The first-order valence-electron chi connectivity index (χ1n) is 6.18. The van der Waals surface area contributed by atoms with Gasteiger partial charge < -0.3 is 17.0 Å². The molecule has 0 saturated heterocycles. The standard InChI is InChI=1S/C16H10N2O.BrH/c19-16-13-7-3-4-8-14(13)18-10-12-6-2-1-5-11(12)9-15(18)17-16;/h1-10H;1H. The molecule has 2 aromatic heterocycles. The Morgan fingerprint density at radius 2 is 1.60 bits per heavy atom. The Kier molecular flexibility index (Phi) is 3.03. The summed E-state index contributed by atoms with van der Waals surface area (Å²) < 4.78 is 2.03. The fourth-order valence-electron chi connectivity index (χ4n) is 2.54. The molecule has 0 unspecified atom stereocenters. The summed E-state index contributed by atoms with van der Waals surface area (Å²) in [5, 5.41) is 2.97. The van der Waals surface area contributed by atoms with Gasteiger partial charge in [0.2, 0.25) is 0 Å². The van der Waals surface area contributed by atoms with E-state index in [1.165, 1.54) is 0 Å². The van der Waals surface area contributed by atoms with Crippen LogP contribution < -0.4 is 26.9 Å². The third-order valence-electron chi connectivity index (χ3n) is 3.47. The summed E-state index contributed by atoms with van der Waals surface area (Å²) in [6.07, 6.45) is 2.06. The molecule has 0 atom stereocenters. The Morgan fingerprint density at radius 1 is 0.900 bits per heavy atom. The third kappa shape index (κ3) is 1.80. The second-order valence-electron chi connectivity index (χ2n) is 4.63. The molecule has 4 rings (SSSR count). The Bertz CT molecular complexity index is 992. The van der Waals surface area contributed by atoms with Crippen molar-refractivity contribution in [1.29, 1.82) is 0 Å². The van der Waals surface area contributed by atoms with Crippen LogP contribution in [0.5, 0.6) is 0 Å². The lowest BCUT2D eigenvalue weighted by atomic mass is 10.1. The fraction of sp³-hybridized carbons (Fsp3) is 0. The zero-order chi connectivity index (χ0) is 12.8. The zero-order valence-corrected chi connectivity index (χ0v) is 12.1. The van der Waals surface area contributed by atoms with Crippen LogP contribution in [0.3, 0.4) is 0 Å². The highest BCUT2D eigenvalue weighted by atomic mass is 79.9. The van der Waals surface area contributed by atoms with Gasteiger partial charge in [-0.15, -0.1) is 0 Å². The zero-order valence-electron chi connectivity index (χ0n) is 10.5. The lowest BCUT2D eigenvalue weighted by Gasteiger charge is -2.01. The van der Waals surface area contributed by atoms with Gasteiger partial charge in [-0.1, -0.05) is 36.4 Å². The first-order chi connectivity index (χ1) is 9.33. The molecule has 20 heavy (non-hydrogen) atoms. The summed E-state index contributed by atoms with van der Waals surface area (Å²) in [5.41, 5.74) is 1.68. The number of pyridine rings is 1. The molecule has 0 spiro atoms. The normalized spacial score (nSPS) is 10.8. The minimum atomic E-state index is -0.0501. The monoisotopic (exact) mass is 326 g/mol. The summed E-state index contributed by atoms with van der Waals surface area (Å²) in [6.45, 7) is 0. The highest BCUT2D eigenvalue weighted by molar-refractivity contribution is 5.84. The van der Waals surface area contributed by atoms with Crippen molar-refractivity contribution in [2.24, 2.45) is 0 Å². The van der Waals surface area contributed by atoms with Crippen molar-refractivity contribution >= 4 is 27.3 Å². The number of hydrogen-bond acceptors (Lipinski definition) is 1. The second-order valence-corrected chi connectivity index (χ2v) is 4.63. The van der Waals surface area contributed by atoms with Gasteiger partial charge in [-0.2, -0.15) is 4.40 Å². The van der Waals surface area contributed by atoms with E-state index in [1.54, 1.807) is 0 Å². The molecule has 0 aliphatic rings. The molecule has 3 nitrogen and oxygen atoms in total. The van der Waals surface area contributed by atoms with E-state index in [4.69, 9.17) is 0 Å². The van der Waals surface area contributed by atoms with E-state index in [2.05, 4.69) is 17.2 Å². The summed E-state index contributed by atoms with van der Waals surface area (Å²) in [5.74, 6) is 0. The van der Waals surface area contributed by atoms with Gasteiger partial charge in [0.05, 0.1) is 0 Å². The van der Waals surface area contributed by atoms with Crippen molar-refractivity contribution in [2.45, 2.75) is 0 Å². The second kappa shape index (κ2) is 4.72. The number of fused-ring (bicyclic) bond motifs is 4. The molecule has 0 fully saturated rings. The molecule has 2 aromatic carbocycles. The number of H-pyrrole nitrogens is 1. The first-order valence-corrected chi connectivity index (χ1v) is 6.18. The molecule has 0 bridgehead atoms. The number of benzene rings is 2. The molecular weight excluding hydrogens is 316 g/mol. The molecule has 0 aliphatic heterocycles. The average Bonchev–Trinajstić information content (AvgIpc) is 2.46. The van der Waals surface area contributed by atoms with Gasteiger partial charge >= 0.3 is 5.56 Å². The summed E-state index contributed by atoms with van der Waals surface area (Å²) in [7, 11) is 0. The third-order valence-corrected chi connectivity index (χ3v) is 3.47. The number of nitrogens with zero attached hydrogens (tertiary/aromatic N) is 1. The number of para-hydroxylation sites is 1. The number of aromatic amines is 1. The predicted molar refractivity (Wildman–Crippen MR) is 75.2 cm³/mol. The van der Waals surface area contributed by atoms with E-state index in [0.29, 0.717) is 5.39 Å². The van der Waals surface area contributed by atoms with Crippen molar-refractivity contribution in [3.8, 4) is 0 Å².